The minimum Gasteiger partial charge on any atom is -0.369 e. The van der Waals surface area contributed by atoms with Crippen LogP contribution in [0.5, 0.6) is 0 Å². The molecule has 17 heavy (non-hydrogen) atoms. The number of benzene rings is 1. The Balaban J connectivity index is 2.43. The maximum absolute atomic E-state index is 10.0. The zero-order valence-corrected chi connectivity index (χ0v) is 10.7. The normalized spacial score (nSPS) is 24.6. The van der Waals surface area contributed by atoms with Gasteiger partial charge in [-0.25, -0.2) is 0 Å². The van der Waals surface area contributed by atoms with E-state index in [4.69, 9.17) is 12.2 Å². The van der Waals surface area contributed by atoms with Gasteiger partial charge in [0.25, 0.3) is 0 Å². The number of aliphatic hydroxyl groups is 2. The van der Waals surface area contributed by atoms with Gasteiger partial charge in [-0.3, -0.25) is 4.90 Å². The fourth-order valence-electron chi connectivity index (χ4n) is 2.02. The van der Waals surface area contributed by atoms with Crippen molar-refractivity contribution in [3.63, 3.8) is 0 Å². The Kier molecular flexibility index (Phi) is 3.33. The van der Waals surface area contributed by atoms with Crippen molar-refractivity contribution in [2.24, 2.45) is 0 Å². The number of aryl methyl sites for hydroxylation is 1. The average Bonchev–Trinajstić information content (AvgIpc) is 2.54. The molecule has 0 spiro atoms. The van der Waals surface area contributed by atoms with E-state index in [0.717, 1.165) is 17.7 Å². The molecule has 1 aliphatic rings. The Morgan fingerprint density at radius 2 is 1.88 bits per heavy atom. The average molecular weight is 252 g/mol. The number of rotatable bonds is 2. The lowest BCUT2D eigenvalue weighted by atomic mass is 10.1. The van der Waals surface area contributed by atoms with Crippen molar-refractivity contribution in [3.05, 3.63) is 29.8 Å². The van der Waals surface area contributed by atoms with Gasteiger partial charge in [0.2, 0.25) is 0 Å². The molecule has 5 heteroatoms. The molecule has 1 aromatic carbocycles. The minimum atomic E-state index is -1.01. The number of hydrogen-bond donors (Lipinski definition) is 2. The molecule has 2 unspecified atom stereocenters. The zero-order valence-electron chi connectivity index (χ0n) is 9.87. The summed E-state index contributed by atoms with van der Waals surface area (Å²) in [7, 11) is 1.67. The highest BCUT2D eigenvalue weighted by Gasteiger charge is 2.40. The van der Waals surface area contributed by atoms with E-state index >= 15 is 0 Å². The summed E-state index contributed by atoms with van der Waals surface area (Å²) in [6.45, 7) is 2.05. The first-order valence-electron chi connectivity index (χ1n) is 5.58. The summed E-state index contributed by atoms with van der Waals surface area (Å²) in [4.78, 5) is 3.09. The molecular weight excluding hydrogens is 236 g/mol. The van der Waals surface area contributed by atoms with Crippen molar-refractivity contribution in [2.75, 3.05) is 11.9 Å². The number of anilines is 1. The molecule has 0 saturated carbocycles. The third-order valence-corrected chi connectivity index (χ3v) is 3.55. The van der Waals surface area contributed by atoms with Crippen molar-refractivity contribution in [1.82, 2.24) is 4.90 Å². The molecule has 0 amide bonds. The Morgan fingerprint density at radius 3 is 2.41 bits per heavy atom. The van der Waals surface area contributed by atoms with Crippen LogP contribution >= 0.6 is 12.2 Å². The van der Waals surface area contributed by atoms with Gasteiger partial charge in [-0.1, -0.05) is 25.1 Å². The van der Waals surface area contributed by atoms with Crippen LogP contribution in [0.15, 0.2) is 24.3 Å². The van der Waals surface area contributed by atoms with E-state index in [9.17, 15) is 10.2 Å². The Hall–Kier alpha value is -1.17. The van der Waals surface area contributed by atoms with E-state index in [1.807, 2.05) is 31.2 Å². The van der Waals surface area contributed by atoms with Crippen LogP contribution in [0.25, 0.3) is 0 Å². The quantitative estimate of drug-likeness (QED) is 0.767. The van der Waals surface area contributed by atoms with Gasteiger partial charge in [0.1, 0.15) is 0 Å². The standard InChI is InChI=1S/C12H16N2O2S/c1-3-8-6-4-5-7-9(8)14-11(16)10(15)13(2)12(14)17/h4-7,10-11,15-16H,3H2,1-2H3. The molecule has 0 aromatic heterocycles. The summed E-state index contributed by atoms with van der Waals surface area (Å²) in [5.41, 5.74) is 1.95. The number of para-hydroxylation sites is 1. The van der Waals surface area contributed by atoms with Crippen molar-refractivity contribution in [1.29, 1.82) is 0 Å². The molecule has 0 radical (unpaired) electrons. The second-order valence-corrected chi connectivity index (χ2v) is 4.44. The number of thiocarbonyl (C=S) groups is 1. The van der Waals surface area contributed by atoms with Crippen molar-refractivity contribution < 1.29 is 10.2 Å². The fourth-order valence-corrected chi connectivity index (χ4v) is 2.33. The van der Waals surface area contributed by atoms with E-state index < -0.39 is 12.5 Å². The van der Waals surface area contributed by atoms with E-state index in [1.54, 1.807) is 11.9 Å². The summed E-state index contributed by atoms with van der Waals surface area (Å²) in [5.74, 6) is 0. The Labute approximate surface area is 106 Å². The van der Waals surface area contributed by atoms with Crippen LogP contribution in [-0.4, -0.2) is 39.7 Å². The second-order valence-electron chi connectivity index (χ2n) is 4.07. The van der Waals surface area contributed by atoms with Gasteiger partial charge in [0, 0.05) is 12.7 Å². The summed E-state index contributed by atoms with van der Waals surface area (Å²) in [6.07, 6.45) is -1.14. The van der Waals surface area contributed by atoms with Gasteiger partial charge in [-0.2, -0.15) is 0 Å². The first-order chi connectivity index (χ1) is 8.07. The zero-order chi connectivity index (χ0) is 12.6. The smallest absolute Gasteiger partial charge is 0.180 e. The molecule has 0 aliphatic carbocycles. The van der Waals surface area contributed by atoms with Gasteiger partial charge < -0.3 is 15.1 Å². The molecule has 0 bridgehead atoms. The number of aliphatic hydroxyl groups excluding tert-OH is 2. The van der Waals surface area contributed by atoms with Crippen LogP contribution in [0.3, 0.4) is 0 Å². The molecule has 4 nitrogen and oxygen atoms in total. The van der Waals surface area contributed by atoms with Crippen LogP contribution in [0.1, 0.15) is 12.5 Å². The van der Waals surface area contributed by atoms with Crippen LogP contribution in [0.2, 0.25) is 0 Å². The first kappa shape index (κ1) is 12.3. The van der Waals surface area contributed by atoms with Gasteiger partial charge in [-0.05, 0) is 30.3 Å². The first-order valence-corrected chi connectivity index (χ1v) is 5.98. The third-order valence-electron chi connectivity index (χ3n) is 3.07. The molecule has 2 rings (SSSR count). The van der Waals surface area contributed by atoms with Crippen LogP contribution in [-0.2, 0) is 6.42 Å². The van der Waals surface area contributed by atoms with E-state index in [0.29, 0.717) is 5.11 Å². The van der Waals surface area contributed by atoms with Gasteiger partial charge in [0.05, 0.1) is 0 Å². The fraction of sp³-hybridized carbons (Fsp3) is 0.417. The monoisotopic (exact) mass is 252 g/mol. The molecule has 92 valence electrons. The number of hydrogen-bond acceptors (Lipinski definition) is 3. The molecule has 2 atom stereocenters. The summed E-state index contributed by atoms with van der Waals surface area (Å²) in [6, 6.07) is 7.75. The Bertz CT molecular complexity index is 438. The largest absolute Gasteiger partial charge is 0.369 e. The maximum Gasteiger partial charge on any atom is 0.180 e. The highest BCUT2D eigenvalue weighted by atomic mass is 32.1. The van der Waals surface area contributed by atoms with Gasteiger partial charge in [0.15, 0.2) is 17.6 Å². The topological polar surface area (TPSA) is 46.9 Å². The van der Waals surface area contributed by atoms with Crippen LogP contribution < -0.4 is 4.90 Å². The minimum absolute atomic E-state index is 0.436. The molecule has 1 aromatic rings. The van der Waals surface area contributed by atoms with Gasteiger partial charge in [-0.15, -0.1) is 0 Å². The summed E-state index contributed by atoms with van der Waals surface area (Å²) in [5, 5.41) is 20.2. The maximum atomic E-state index is 10.0. The van der Waals surface area contributed by atoms with E-state index in [-0.39, 0.29) is 0 Å². The molecule has 1 heterocycles. The van der Waals surface area contributed by atoms with Crippen molar-refractivity contribution >= 4 is 23.0 Å². The third kappa shape index (κ3) is 1.90. The Morgan fingerprint density at radius 1 is 1.24 bits per heavy atom. The molecular formula is C12H16N2O2S. The van der Waals surface area contributed by atoms with Gasteiger partial charge >= 0.3 is 0 Å². The lowest BCUT2D eigenvalue weighted by molar-refractivity contribution is -0.0155. The number of nitrogens with zero attached hydrogens (tertiary/aromatic N) is 2. The lowest BCUT2D eigenvalue weighted by Gasteiger charge is -2.23. The predicted molar refractivity (Wildman–Crippen MR) is 70.7 cm³/mol. The summed E-state index contributed by atoms with van der Waals surface area (Å²) < 4.78 is 0. The lowest BCUT2D eigenvalue weighted by Crippen LogP contribution is -2.36. The molecule has 2 N–H and O–H groups in total. The highest BCUT2D eigenvalue weighted by molar-refractivity contribution is 7.80. The molecule has 1 fully saturated rings. The highest BCUT2D eigenvalue weighted by Crippen LogP contribution is 2.29. The molecule has 1 saturated heterocycles. The van der Waals surface area contributed by atoms with Crippen molar-refractivity contribution in [3.8, 4) is 0 Å². The second kappa shape index (κ2) is 4.60. The van der Waals surface area contributed by atoms with E-state index in [2.05, 4.69) is 0 Å². The number of likely N-dealkylation sites (N-methyl/N-ethyl adjacent to an activating group) is 1. The van der Waals surface area contributed by atoms with Crippen LogP contribution in [0, 0.1) is 0 Å². The SMILES string of the molecule is CCc1ccccc1N1C(=S)N(C)C(O)C1O. The van der Waals surface area contributed by atoms with Crippen molar-refractivity contribution in [2.45, 2.75) is 25.8 Å². The molecule has 1 aliphatic heterocycles. The van der Waals surface area contributed by atoms with Crippen LogP contribution in [0.4, 0.5) is 5.69 Å². The summed E-state index contributed by atoms with van der Waals surface area (Å²) >= 11 is 5.24. The predicted octanol–water partition coefficient (Wildman–Crippen LogP) is 0.922. The van der Waals surface area contributed by atoms with E-state index in [1.165, 1.54) is 4.90 Å².